The fourth-order valence-corrected chi connectivity index (χ4v) is 3.27. The first-order valence-corrected chi connectivity index (χ1v) is 10.5. The molecule has 2 aromatic carbocycles. The van der Waals surface area contributed by atoms with E-state index in [2.05, 4.69) is 36.5 Å². The van der Waals surface area contributed by atoms with Crippen molar-refractivity contribution in [2.75, 3.05) is 23.8 Å². The van der Waals surface area contributed by atoms with Crippen LogP contribution in [0.4, 0.5) is 27.5 Å². The Morgan fingerprint density at radius 3 is 2.45 bits per heavy atom. The zero-order chi connectivity index (χ0) is 21.8. The van der Waals surface area contributed by atoms with E-state index in [0.717, 1.165) is 11.4 Å². The molecule has 0 unspecified atom stereocenters. The van der Waals surface area contributed by atoms with Crippen LogP contribution in [-0.2, 0) is 9.47 Å². The maximum Gasteiger partial charge on any atom is 0.229 e. The van der Waals surface area contributed by atoms with E-state index in [0.29, 0.717) is 35.1 Å². The van der Waals surface area contributed by atoms with Crippen LogP contribution >= 0.6 is 15.9 Å². The summed E-state index contributed by atoms with van der Waals surface area (Å²) in [4.78, 5) is 8.76. The molecule has 1 aromatic heterocycles. The fourth-order valence-electron chi connectivity index (χ4n) is 2.98. The van der Waals surface area contributed by atoms with Gasteiger partial charge < -0.3 is 24.8 Å². The molecule has 162 valence electrons. The van der Waals surface area contributed by atoms with Crippen LogP contribution < -0.4 is 15.4 Å². The van der Waals surface area contributed by atoms with Gasteiger partial charge in [-0.15, -0.1) is 0 Å². The first kappa shape index (κ1) is 21.5. The molecule has 1 atom stereocenters. The summed E-state index contributed by atoms with van der Waals surface area (Å²) in [7, 11) is 0. The van der Waals surface area contributed by atoms with Crippen molar-refractivity contribution in [3.8, 4) is 5.75 Å². The second-order valence-electron chi connectivity index (χ2n) is 7.43. The lowest BCUT2D eigenvalue weighted by Crippen LogP contribution is -2.25. The van der Waals surface area contributed by atoms with Crippen molar-refractivity contribution < 1.29 is 18.6 Å². The van der Waals surface area contributed by atoms with E-state index >= 15 is 0 Å². The maximum atomic E-state index is 13.1. The third-order valence-electron chi connectivity index (χ3n) is 4.46. The summed E-state index contributed by atoms with van der Waals surface area (Å²) in [5.74, 6) is 0.854. The number of halogens is 2. The van der Waals surface area contributed by atoms with Gasteiger partial charge in [0.2, 0.25) is 5.95 Å². The van der Waals surface area contributed by atoms with Gasteiger partial charge in [0.05, 0.1) is 11.1 Å². The molecule has 3 aromatic rings. The number of benzene rings is 2. The third kappa shape index (κ3) is 5.90. The normalized spacial score (nSPS) is 17.4. The van der Waals surface area contributed by atoms with Crippen molar-refractivity contribution in [3.63, 3.8) is 0 Å². The first-order chi connectivity index (χ1) is 14.9. The van der Waals surface area contributed by atoms with Gasteiger partial charge in [-0.25, -0.2) is 9.37 Å². The molecule has 2 heterocycles. The Morgan fingerprint density at radius 1 is 1.10 bits per heavy atom. The number of nitrogens with one attached hydrogen (secondary N) is 2. The number of rotatable bonds is 7. The number of hydrogen-bond acceptors (Lipinski definition) is 7. The van der Waals surface area contributed by atoms with E-state index in [1.54, 1.807) is 18.3 Å². The molecule has 1 fully saturated rings. The van der Waals surface area contributed by atoms with Crippen LogP contribution in [0.25, 0.3) is 0 Å². The van der Waals surface area contributed by atoms with Gasteiger partial charge in [0.25, 0.3) is 0 Å². The lowest BCUT2D eigenvalue weighted by atomic mass is 10.3. The summed E-state index contributed by atoms with van der Waals surface area (Å²) < 4.78 is 30.9. The smallest absolute Gasteiger partial charge is 0.229 e. The minimum absolute atomic E-state index is 0.0870. The Morgan fingerprint density at radius 2 is 1.77 bits per heavy atom. The van der Waals surface area contributed by atoms with Crippen LogP contribution in [0.1, 0.15) is 13.8 Å². The van der Waals surface area contributed by atoms with Crippen molar-refractivity contribution in [1.29, 1.82) is 0 Å². The van der Waals surface area contributed by atoms with Gasteiger partial charge >= 0.3 is 0 Å². The molecule has 2 N–H and O–H groups in total. The fraction of sp³-hybridized carbons (Fsp3) is 0.273. The summed E-state index contributed by atoms with van der Waals surface area (Å²) in [6.45, 7) is 4.71. The average Bonchev–Trinajstić information content (AvgIpc) is 3.10. The van der Waals surface area contributed by atoms with E-state index in [9.17, 15) is 4.39 Å². The van der Waals surface area contributed by atoms with Crippen LogP contribution in [0.15, 0.2) is 59.2 Å². The van der Waals surface area contributed by atoms with Gasteiger partial charge in [0.1, 0.15) is 30.1 Å². The number of aromatic nitrogens is 2. The van der Waals surface area contributed by atoms with Gasteiger partial charge in [-0.1, -0.05) is 0 Å². The zero-order valence-electron chi connectivity index (χ0n) is 17.1. The summed E-state index contributed by atoms with van der Waals surface area (Å²) in [5.41, 5.74) is 1.53. The predicted octanol–water partition coefficient (Wildman–Crippen LogP) is 5.40. The number of anilines is 4. The highest BCUT2D eigenvalue weighted by Crippen LogP contribution is 2.27. The molecular formula is C22H22BrFN4O3. The summed E-state index contributed by atoms with van der Waals surface area (Å²) >= 11 is 3.42. The van der Waals surface area contributed by atoms with Crippen molar-refractivity contribution in [1.82, 2.24) is 9.97 Å². The number of hydrogen-bond donors (Lipinski definition) is 2. The molecule has 7 nitrogen and oxygen atoms in total. The molecule has 0 amide bonds. The second kappa shape index (κ2) is 9.17. The molecule has 9 heteroatoms. The molecular weight excluding hydrogens is 467 g/mol. The van der Waals surface area contributed by atoms with E-state index in [-0.39, 0.29) is 11.9 Å². The topological polar surface area (TPSA) is 77.5 Å². The van der Waals surface area contributed by atoms with Crippen molar-refractivity contribution >= 4 is 39.1 Å². The maximum absolute atomic E-state index is 13.1. The lowest BCUT2D eigenvalue weighted by molar-refractivity contribution is -0.141. The molecule has 4 rings (SSSR count). The monoisotopic (exact) mass is 488 g/mol. The Kier molecular flexibility index (Phi) is 6.35. The molecule has 1 saturated heterocycles. The molecule has 0 bridgehead atoms. The van der Waals surface area contributed by atoms with Crippen LogP contribution in [-0.4, -0.2) is 35.1 Å². The van der Waals surface area contributed by atoms with E-state index < -0.39 is 5.79 Å². The highest BCUT2D eigenvalue weighted by atomic mass is 79.9. The quantitative estimate of drug-likeness (QED) is 0.461. The molecule has 0 aliphatic carbocycles. The molecule has 1 aliphatic rings. The van der Waals surface area contributed by atoms with E-state index in [1.165, 1.54) is 12.1 Å². The van der Waals surface area contributed by atoms with Crippen LogP contribution in [0, 0.1) is 5.82 Å². The van der Waals surface area contributed by atoms with Crippen molar-refractivity contribution in [2.24, 2.45) is 0 Å². The second-order valence-corrected chi connectivity index (χ2v) is 8.29. The van der Waals surface area contributed by atoms with Gasteiger partial charge in [0.15, 0.2) is 5.79 Å². The van der Waals surface area contributed by atoms with Crippen LogP contribution in [0.5, 0.6) is 5.75 Å². The van der Waals surface area contributed by atoms with Crippen LogP contribution in [0.2, 0.25) is 0 Å². The van der Waals surface area contributed by atoms with Gasteiger partial charge in [-0.2, -0.15) is 4.98 Å². The summed E-state index contributed by atoms with van der Waals surface area (Å²) in [6, 6.07) is 13.5. The molecule has 0 radical (unpaired) electrons. The lowest BCUT2D eigenvalue weighted by Gasteiger charge is -2.17. The minimum Gasteiger partial charge on any atom is -0.491 e. The van der Waals surface area contributed by atoms with Crippen molar-refractivity contribution in [2.45, 2.75) is 25.7 Å². The van der Waals surface area contributed by atoms with Crippen LogP contribution in [0.3, 0.4) is 0 Å². The highest BCUT2D eigenvalue weighted by molar-refractivity contribution is 9.10. The summed E-state index contributed by atoms with van der Waals surface area (Å²) in [6.07, 6.45) is 1.56. The number of nitrogens with zero attached hydrogens (tertiary/aromatic N) is 2. The Labute approximate surface area is 188 Å². The predicted molar refractivity (Wildman–Crippen MR) is 120 cm³/mol. The van der Waals surface area contributed by atoms with Gasteiger partial charge in [-0.05, 0) is 78.3 Å². The van der Waals surface area contributed by atoms with Gasteiger partial charge in [-0.3, -0.25) is 0 Å². The Bertz CT molecular complexity index is 1030. The minimum atomic E-state index is -0.559. The van der Waals surface area contributed by atoms with Crippen molar-refractivity contribution in [3.05, 3.63) is 65.0 Å². The summed E-state index contributed by atoms with van der Waals surface area (Å²) in [5, 5.41) is 6.30. The third-order valence-corrected chi connectivity index (χ3v) is 5.05. The Balaban J connectivity index is 1.36. The van der Waals surface area contributed by atoms with Gasteiger partial charge in [0, 0.05) is 17.6 Å². The molecule has 0 saturated carbocycles. The SMILES string of the molecule is CC1(C)OC[C@H](COc2ccc(Nc3ncc(Br)c(Nc4ccc(F)cc4)n3)cc2)O1. The molecule has 1 aliphatic heterocycles. The zero-order valence-corrected chi connectivity index (χ0v) is 18.6. The highest BCUT2D eigenvalue weighted by Gasteiger charge is 2.32. The molecule has 31 heavy (non-hydrogen) atoms. The standard InChI is InChI=1S/C22H22BrFN4O3/c1-22(2)30-13-18(31-22)12-29-17-9-7-16(8-10-17)27-21-25-11-19(23)20(28-21)26-15-5-3-14(24)4-6-15/h3-11,18H,12-13H2,1-2H3,(H2,25,26,27,28)/t18-/m0/s1. The van der Waals surface area contributed by atoms with E-state index in [4.69, 9.17) is 14.2 Å². The molecule has 0 spiro atoms. The average molecular weight is 489 g/mol. The Hall–Kier alpha value is -2.75. The first-order valence-electron chi connectivity index (χ1n) is 9.73. The number of ether oxygens (including phenoxy) is 3. The largest absolute Gasteiger partial charge is 0.491 e. The van der Waals surface area contributed by atoms with E-state index in [1.807, 2.05) is 38.1 Å².